The quantitative estimate of drug-likeness (QED) is 0.482. The number of fused-ring (bicyclic) bond motifs is 1. The number of aromatic nitrogens is 4. The lowest BCUT2D eigenvalue weighted by molar-refractivity contribution is 0.0987. The van der Waals surface area contributed by atoms with Gasteiger partial charge in [-0.1, -0.05) is 25.5 Å². The molecule has 4 heterocycles. The van der Waals surface area contributed by atoms with Crippen LogP contribution in [0.25, 0.3) is 5.78 Å². The van der Waals surface area contributed by atoms with Crippen molar-refractivity contribution in [3.63, 3.8) is 0 Å². The Bertz CT molecular complexity index is 1180. The highest BCUT2D eigenvalue weighted by atomic mass is 32.1. The van der Waals surface area contributed by atoms with E-state index in [1.807, 2.05) is 35.9 Å². The molecule has 0 atom stereocenters. The monoisotopic (exact) mass is 427 g/mol. The standard InChI is InChI=1S/C20H21N5O2S2/c1-3-4-8-15-13(2)21-19-22-20(23-25(19)17(15)26)24(12-14-7-5-10-28-14)18(27)16-9-6-11-29-16/h5-7,9-11H,3-4,8,12H2,1-2H3,(H,21,22,23). The summed E-state index contributed by atoms with van der Waals surface area (Å²) in [5, 5.41) is 6.84. The van der Waals surface area contributed by atoms with Crippen molar-refractivity contribution in [1.29, 1.82) is 0 Å². The summed E-state index contributed by atoms with van der Waals surface area (Å²) in [6, 6.07) is 7.55. The predicted molar refractivity (Wildman–Crippen MR) is 116 cm³/mol. The maximum atomic E-state index is 13.1. The molecule has 4 aromatic heterocycles. The molecule has 29 heavy (non-hydrogen) atoms. The maximum absolute atomic E-state index is 13.1. The number of thiophene rings is 2. The molecule has 1 amide bonds. The molecule has 0 aliphatic heterocycles. The molecule has 0 radical (unpaired) electrons. The van der Waals surface area contributed by atoms with Gasteiger partial charge in [-0.15, -0.1) is 22.7 Å². The van der Waals surface area contributed by atoms with Gasteiger partial charge in [-0.2, -0.15) is 9.50 Å². The molecule has 150 valence electrons. The fraction of sp³-hybridized carbons (Fsp3) is 0.300. The van der Waals surface area contributed by atoms with Crippen LogP contribution in [0, 0.1) is 6.92 Å². The molecule has 0 saturated carbocycles. The Balaban J connectivity index is 1.78. The highest BCUT2D eigenvalue weighted by molar-refractivity contribution is 7.12. The fourth-order valence-corrected chi connectivity index (χ4v) is 4.50. The first-order chi connectivity index (χ1) is 14.1. The Morgan fingerprint density at radius 2 is 2.00 bits per heavy atom. The molecule has 4 rings (SSSR count). The van der Waals surface area contributed by atoms with Crippen molar-refractivity contribution in [2.24, 2.45) is 0 Å². The van der Waals surface area contributed by atoms with Gasteiger partial charge in [0.05, 0.1) is 17.1 Å². The maximum Gasteiger partial charge on any atom is 0.277 e. The van der Waals surface area contributed by atoms with E-state index in [1.165, 1.54) is 15.9 Å². The fourth-order valence-electron chi connectivity index (χ4n) is 3.14. The summed E-state index contributed by atoms with van der Waals surface area (Å²) in [6.07, 6.45) is 2.60. The van der Waals surface area contributed by atoms with Crippen molar-refractivity contribution < 1.29 is 4.79 Å². The van der Waals surface area contributed by atoms with E-state index in [4.69, 9.17) is 0 Å². The third-order valence-corrected chi connectivity index (χ3v) is 6.41. The largest absolute Gasteiger partial charge is 0.277 e. The van der Waals surface area contributed by atoms with Gasteiger partial charge in [-0.25, -0.2) is 4.98 Å². The van der Waals surface area contributed by atoms with E-state index < -0.39 is 0 Å². The minimum atomic E-state index is -0.163. The molecule has 0 fully saturated rings. The van der Waals surface area contributed by atoms with E-state index >= 15 is 0 Å². The number of anilines is 1. The number of nitrogens with zero attached hydrogens (tertiary/aromatic N) is 4. The number of rotatable bonds is 7. The number of aryl methyl sites for hydroxylation is 1. The molecule has 0 aliphatic carbocycles. The second-order valence-electron chi connectivity index (χ2n) is 6.72. The van der Waals surface area contributed by atoms with E-state index in [0.29, 0.717) is 35.0 Å². The molecule has 0 unspecified atom stereocenters. The van der Waals surface area contributed by atoms with Gasteiger partial charge in [0.2, 0.25) is 5.95 Å². The molecule has 4 aromatic rings. The Labute approximate surface area is 175 Å². The van der Waals surface area contributed by atoms with Crippen LogP contribution >= 0.6 is 22.7 Å². The van der Waals surface area contributed by atoms with Crippen molar-refractivity contribution in [3.05, 3.63) is 66.4 Å². The van der Waals surface area contributed by atoms with Crippen molar-refractivity contribution in [2.45, 2.75) is 39.7 Å². The van der Waals surface area contributed by atoms with E-state index in [-0.39, 0.29) is 17.2 Å². The number of unbranched alkanes of at least 4 members (excludes halogenated alkanes) is 1. The first kappa shape index (κ1) is 19.5. The van der Waals surface area contributed by atoms with Gasteiger partial charge in [-0.05, 0) is 42.7 Å². The van der Waals surface area contributed by atoms with Crippen LogP contribution in [0.2, 0.25) is 0 Å². The van der Waals surface area contributed by atoms with Gasteiger partial charge in [0.1, 0.15) is 0 Å². The predicted octanol–water partition coefficient (Wildman–Crippen LogP) is 4.04. The summed E-state index contributed by atoms with van der Waals surface area (Å²) in [4.78, 5) is 38.3. The van der Waals surface area contributed by atoms with E-state index in [2.05, 4.69) is 22.0 Å². The molecule has 1 N–H and O–H groups in total. The number of nitrogens with one attached hydrogen (secondary N) is 1. The van der Waals surface area contributed by atoms with Gasteiger partial charge in [0.15, 0.2) is 0 Å². The van der Waals surface area contributed by atoms with Gasteiger partial charge in [0.25, 0.3) is 17.2 Å². The second kappa shape index (κ2) is 8.30. The summed E-state index contributed by atoms with van der Waals surface area (Å²) in [7, 11) is 0. The number of aromatic amines is 1. The Kier molecular flexibility index (Phi) is 5.59. The SMILES string of the molecule is CCCCc1c(C)nc2nc(N(Cc3cccs3)C(=O)c3cccs3)[nH]n2c1=O. The molecule has 0 aliphatic rings. The molecular formula is C20H21N5O2S2. The highest BCUT2D eigenvalue weighted by Crippen LogP contribution is 2.21. The van der Waals surface area contributed by atoms with Crippen molar-refractivity contribution in [1.82, 2.24) is 19.6 Å². The third kappa shape index (κ3) is 3.88. The average molecular weight is 428 g/mol. The highest BCUT2D eigenvalue weighted by Gasteiger charge is 2.24. The van der Waals surface area contributed by atoms with E-state index in [1.54, 1.807) is 22.3 Å². The van der Waals surface area contributed by atoms with Crippen molar-refractivity contribution >= 4 is 40.3 Å². The number of amides is 1. The zero-order valence-electron chi connectivity index (χ0n) is 16.2. The van der Waals surface area contributed by atoms with E-state index in [0.717, 1.165) is 17.7 Å². The molecule has 0 aromatic carbocycles. The normalized spacial score (nSPS) is 11.2. The minimum Gasteiger partial charge on any atom is -0.271 e. The van der Waals surface area contributed by atoms with Gasteiger partial charge in [0, 0.05) is 10.4 Å². The molecule has 7 nitrogen and oxygen atoms in total. The minimum absolute atomic E-state index is 0.153. The van der Waals surface area contributed by atoms with Gasteiger partial charge in [-0.3, -0.25) is 19.6 Å². The number of hydrogen-bond donors (Lipinski definition) is 1. The van der Waals surface area contributed by atoms with Crippen LogP contribution in [0.15, 0.2) is 39.8 Å². The first-order valence-corrected chi connectivity index (χ1v) is 11.2. The summed E-state index contributed by atoms with van der Waals surface area (Å²) in [5.41, 5.74) is 1.23. The number of hydrogen-bond acceptors (Lipinski definition) is 6. The molecule has 0 saturated heterocycles. The van der Waals surface area contributed by atoms with E-state index in [9.17, 15) is 9.59 Å². The molecular weight excluding hydrogens is 406 g/mol. The number of H-pyrrole nitrogens is 1. The van der Waals surface area contributed by atoms with Crippen LogP contribution in [-0.4, -0.2) is 25.5 Å². The topological polar surface area (TPSA) is 83.4 Å². The first-order valence-electron chi connectivity index (χ1n) is 9.44. The Morgan fingerprint density at radius 1 is 1.21 bits per heavy atom. The lowest BCUT2D eigenvalue weighted by Crippen LogP contribution is -2.30. The van der Waals surface area contributed by atoms with Crippen LogP contribution in [-0.2, 0) is 13.0 Å². The van der Waals surface area contributed by atoms with Crippen LogP contribution in [0.1, 0.15) is 45.6 Å². The lowest BCUT2D eigenvalue weighted by atomic mass is 10.1. The van der Waals surface area contributed by atoms with Crippen LogP contribution in [0.3, 0.4) is 0 Å². The van der Waals surface area contributed by atoms with Gasteiger partial charge < -0.3 is 0 Å². The summed E-state index contributed by atoms with van der Waals surface area (Å²) in [5.74, 6) is 0.426. The van der Waals surface area contributed by atoms with Crippen LogP contribution < -0.4 is 10.5 Å². The smallest absolute Gasteiger partial charge is 0.271 e. The number of carbonyl (C=O) groups excluding carboxylic acids is 1. The molecule has 9 heteroatoms. The Hall–Kier alpha value is -2.78. The Morgan fingerprint density at radius 3 is 2.69 bits per heavy atom. The lowest BCUT2D eigenvalue weighted by Gasteiger charge is -2.18. The molecule has 0 spiro atoms. The summed E-state index contributed by atoms with van der Waals surface area (Å²) in [6.45, 7) is 4.29. The zero-order valence-corrected chi connectivity index (χ0v) is 17.8. The zero-order chi connectivity index (χ0) is 20.4. The van der Waals surface area contributed by atoms with Crippen LogP contribution in [0.5, 0.6) is 0 Å². The third-order valence-electron chi connectivity index (χ3n) is 4.69. The van der Waals surface area contributed by atoms with Crippen molar-refractivity contribution in [2.75, 3.05) is 4.90 Å². The van der Waals surface area contributed by atoms with Gasteiger partial charge >= 0.3 is 0 Å². The molecule has 0 bridgehead atoms. The average Bonchev–Trinajstić information content (AvgIpc) is 3.46. The summed E-state index contributed by atoms with van der Waals surface area (Å²) >= 11 is 2.95. The summed E-state index contributed by atoms with van der Waals surface area (Å²) < 4.78 is 1.34. The second-order valence-corrected chi connectivity index (χ2v) is 8.69. The number of carbonyl (C=O) groups is 1. The van der Waals surface area contributed by atoms with Crippen molar-refractivity contribution in [3.8, 4) is 0 Å². The van der Waals surface area contributed by atoms with Crippen LogP contribution in [0.4, 0.5) is 5.95 Å².